The van der Waals surface area contributed by atoms with Crippen LogP contribution in [-0.2, 0) is 34.9 Å². The predicted octanol–water partition coefficient (Wildman–Crippen LogP) is -1.02. The van der Waals surface area contributed by atoms with Gasteiger partial charge in [0.2, 0.25) is 0 Å². The highest BCUT2D eigenvalue weighted by molar-refractivity contribution is 5.87. The van der Waals surface area contributed by atoms with Crippen LogP contribution in [0.4, 0.5) is 0 Å². The molecule has 9 N–H and O–H groups in total. The number of esters is 1. The minimum atomic E-state index is -1.77. The van der Waals surface area contributed by atoms with E-state index in [1.54, 1.807) is 6.07 Å². The second-order valence-electron chi connectivity index (χ2n) is 10.4. The minimum absolute atomic E-state index is 0.0754. The predicted molar refractivity (Wildman–Crippen MR) is 147 cm³/mol. The van der Waals surface area contributed by atoms with Crippen LogP contribution in [0.1, 0.15) is 18.1 Å². The molecule has 2 aromatic rings. The fraction of sp³-hybridized carbons (Fsp3) is 0.483. The zero-order valence-electron chi connectivity index (χ0n) is 23.5. The van der Waals surface area contributed by atoms with Crippen LogP contribution in [0.5, 0.6) is 23.0 Å². The van der Waals surface area contributed by atoms with Gasteiger partial charge in [0.25, 0.3) is 0 Å². The van der Waals surface area contributed by atoms with Crippen molar-refractivity contribution in [3.8, 4) is 23.0 Å². The summed E-state index contributed by atoms with van der Waals surface area (Å²) in [6, 6.07) is 7.98. The molecule has 15 heteroatoms. The highest BCUT2D eigenvalue weighted by Gasteiger charge is 2.52. The van der Waals surface area contributed by atoms with Crippen LogP contribution in [0.3, 0.4) is 0 Å². The topological polar surface area (TPSA) is 245 Å². The average Bonchev–Trinajstić information content (AvgIpc) is 2.99. The molecule has 0 saturated carbocycles. The third-order valence-corrected chi connectivity index (χ3v) is 7.27. The molecule has 10 atom stereocenters. The first kappa shape index (κ1) is 33.4. The van der Waals surface area contributed by atoms with Gasteiger partial charge in [-0.05, 0) is 54.8 Å². The zero-order valence-corrected chi connectivity index (χ0v) is 23.5. The van der Waals surface area contributed by atoms with E-state index >= 15 is 0 Å². The molecule has 2 saturated heterocycles. The lowest BCUT2D eigenvalue weighted by Crippen LogP contribution is -2.65. The van der Waals surface area contributed by atoms with Gasteiger partial charge in [-0.25, -0.2) is 4.79 Å². The number of benzene rings is 2. The van der Waals surface area contributed by atoms with E-state index in [1.807, 2.05) is 0 Å². The molecule has 2 aromatic carbocycles. The quantitative estimate of drug-likeness (QED) is 0.0873. The Morgan fingerprint density at radius 3 is 2.16 bits per heavy atom. The number of hydrogen-bond acceptors (Lipinski definition) is 15. The van der Waals surface area contributed by atoms with Gasteiger partial charge in [0.1, 0.15) is 36.6 Å². The van der Waals surface area contributed by atoms with E-state index < -0.39 is 79.7 Å². The number of aliphatic hydroxyl groups excluding tert-OH is 5. The van der Waals surface area contributed by atoms with Crippen molar-refractivity contribution in [1.29, 1.82) is 0 Å². The van der Waals surface area contributed by atoms with E-state index in [1.165, 1.54) is 43.3 Å². The molecule has 44 heavy (non-hydrogen) atoms. The standard InChI is InChI=1S/C29H36O15/c1-13-22(36)23(37)24(38)29(41-13)44-27-25(39)28(40-9-8-15-3-6-17(32)19(34)11-15)42-20(12-30)26(27)43-21(35)7-4-14-2-5-16(31)18(33)10-14/h2-7,10-11,13,20,22-34,36-39H,8-9,12H2,1H3/b7-4+/t13?,20?,22-,23-,24?,25?,26+,27+,28-,29-/m0/s1. The normalized spacial score (nSPS) is 32.5. The van der Waals surface area contributed by atoms with Gasteiger partial charge in [0.05, 0.1) is 19.3 Å². The molecule has 15 nitrogen and oxygen atoms in total. The number of aliphatic hydroxyl groups is 5. The van der Waals surface area contributed by atoms with Crippen molar-refractivity contribution in [3.63, 3.8) is 0 Å². The first-order valence-electron chi connectivity index (χ1n) is 13.7. The van der Waals surface area contributed by atoms with Crippen molar-refractivity contribution >= 4 is 12.0 Å². The lowest BCUT2D eigenvalue weighted by molar-refractivity contribution is -0.357. The van der Waals surface area contributed by atoms with E-state index in [2.05, 4.69) is 0 Å². The number of ether oxygens (including phenoxy) is 5. The molecule has 4 rings (SSSR count). The van der Waals surface area contributed by atoms with Crippen LogP contribution >= 0.6 is 0 Å². The van der Waals surface area contributed by atoms with Crippen LogP contribution in [-0.4, -0.2) is 127 Å². The first-order valence-corrected chi connectivity index (χ1v) is 13.7. The van der Waals surface area contributed by atoms with Crippen molar-refractivity contribution in [2.24, 2.45) is 0 Å². The Hall–Kier alpha value is -3.51. The summed E-state index contributed by atoms with van der Waals surface area (Å²) >= 11 is 0. The highest BCUT2D eigenvalue weighted by Crippen LogP contribution is 2.32. The Kier molecular flexibility index (Phi) is 11.0. The van der Waals surface area contributed by atoms with Gasteiger partial charge in [-0.1, -0.05) is 12.1 Å². The number of aromatic hydroxyl groups is 4. The van der Waals surface area contributed by atoms with Crippen molar-refractivity contribution < 1.29 is 74.4 Å². The third kappa shape index (κ3) is 7.76. The molecule has 242 valence electrons. The second kappa shape index (κ2) is 14.5. The van der Waals surface area contributed by atoms with Crippen molar-refractivity contribution in [2.45, 2.75) is 74.8 Å². The number of carbonyl (C=O) groups excluding carboxylic acids is 1. The van der Waals surface area contributed by atoms with E-state index in [0.717, 1.165) is 6.08 Å². The van der Waals surface area contributed by atoms with Crippen LogP contribution in [0.2, 0.25) is 0 Å². The van der Waals surface area contributed by atoms with Gasteiger partial charge in [-0.2, -0.15) is 0 Å². The Balaban J connectivity index is 1.52. The Morgan fingerprint density at radius 1 is 0.818 bits per heavy atom. The van der Waals surface area contributed by atoms with Crippen molar-refractivity contribution in [3.05, 3.63) is 53.6 Å². The first-order chi connectivity index (χ1) is 20.9. The van der Waals surface area contributed by atoms with Crippen molar-refractivity contribution in [2.75, 3.05) is 13.2 Å². The van der Waals surface area contributed by atoms with Gasteiger partial charge < -0.3 is 69.6 Å². The highest BCUT2D eigenvalue weighted by atomic mass is 16.7. The fourth-order valence-electron chi connectivity index (χ4n) is 4.76. The maximum atomic E-state index is 12.8. The minimum Gasteiger partial charge on any atom is -0.504 e. The molecule has 2 fully saturated rings. The van der Waals surface area contributed by atoms with E-state index in [9.17, 15) is 50.8 Å². The number of phenols is 4. The Bertz CT molecular complexity index is 1300. The lowest BCUT2D eigenvalue weighted by Gasteiger charge is -2.46. The summed E-state index contributed by atoms with van der Waals surface area (Å²) in [5.41, 5.74) is 0.914. The molecule has 0 aliphatic carbocycles. The summed E-state index contributed by atoms with van der Waals surface area (Å²) in [6.45, 7) is 0.606. The van der Waals surface area contributed by atoms with Gasteiger partial charge in [0, 0.05) is 6.08 Å². The Morgan fingerprint density at radius 2 is 1.50 bits per heavy atom. The summed E-state index contributed by atoms with van der Waals surface area (Å²) in [5.74, 6) is -2.40. The van der Waals surface area contributed by atoms with Crippen LogP contribution < -0.4 is 0 Å². The zero-order chi connectivity index (χ0) is 32.1. The van der Waals surface area contributed by atoms with Crippen LogP contribution in [0.25, 0.3) is 6.08 Å². The summed E-state index contributed by atoms with van der Waals surface area (Å²) in [4.78, 5) is 12.8. The van der Waals surface area contributed by atoms with Crippen LogP contribution in [0.15, 0.2) is 42.5 Å². The number of phenolic OH excluding ortho intramolecular Hbond substituents is 4. The summed E-state index contributed by atoms with van der Waals surface area (Å²) in [7, 11) is 0. The monoisotopic (exact) mass is 624 g/mol. The summed E-state index contributed by atoms with van der Waals surface area (Å²) in [6.07, 6.45) is -12.6. The molecule has 0 radical (unpaired) electrons. The lowest BCUT2D eigenvalue weighted by atomic mass is 9.97. The SMILES string of the molecule is CC1O[C@@H](O[C@@H]2C(O)[C@@H](OCCc3ccc(O)c(O)c3)OC(CO)[C@H]2OC(=O)/C=C/c2ccc(O)c(O)c2)C(O)[C@@H](O)[C@H]1O. The summed E-state index contributed by atoms with van der Waals surface area (Å²) in [5, 5.41) is 90.5. The maximum Gasteiger partial charge on any atom is 0.331 e. The molecule has 0 bridgehead atoms. The largest absolute Gasteiger partial charge is 0.504 e. The maximum absolute atomic E-state index is 12.8. The van der Waals surface area contributed by atoms with E-state index in [0.29, 0.717) is 11.1 Å². The second-order valence-corrected chi connectivity index (χ2v) is 10.4. The van der Waals surface area contributed by atoms with Crippen molar-refractivity contribution in [1.82, 2.24) is 0 Å². The van der Waals surface area contributed by atoms with Crippen LogP contribution in [0, 0.1) is 0 Å². The number of rotatable bonds is 10. The van der Waals surface area contributed by atoms with Gasteiger partial charge >= 0.3 is 5.97 Å². The van der Waals surface area contributed by atoms with Gasteiger partial charge in [0.15, 0.2) is 41.7 Å². The average molecular weight is 625 g/mol. The van der Waals surface area contributed by atoms with Gasteiger partial charge in [-0.3, -0.25) is 0 Å². The number of carbonyl (C=O) groups is 1. The fourth-order valence-corrected chi connectivity index (χ4v) is 4.76. The molecule has 0 spiro atoms. The van der Waals surface area contributed by atoms with Gasteiger partial charge in [-0.15, -0.1) is 0 Å². The third-order valence-electron chi connectivity index (χ3n) is 7.27. The molecule has 2 heterocycles. The number of hydrogen-bond donors (Lipinski definition) is 9. The Labute approximate surface area is 251 Å². The summed E-state index contributed by atoms with van der Waals surface area (Å²) < 4.78 is 28.2. The van der Waals surface area contributed by atoms with E-state index in [-0.39, 0.29) is 30.3 Å². The molecular formula is C29H36O15. The smallest absolute Gasteiger partial charge is 0.331 e. The van der Waals surface area contributed by atoms with E-state index in [4.69, 9.17) is 23.7 Å². The molecular weight excluding hydrogens is 588 g/mol. The molecule has 2 aliphatic heterocycles. The molecule has 0 aromatic heterocycles. The molecule has 4 unspecified atom stereocenters. The molecule has 0 amide bonds. The molecule has 2 aliphatic rings.